The van der Waals surface area contributed by atoms with E-state index >= 15 is 0 Å². The van der Waals surface area contributed by atoms with Gasteiger partial charge in [-0.05, 0) is 38.6 Å². The van der Waals surface area contributed by atoms with Crippen molar-refractivity contribution in [2.45, 2.75) is 32.5 Å². The van der Waals surface area contributed by atoms with Crippen LogP contribution < -0.4 is 11.1 Å². The molecule has 5 heteroatoms. The van der Waals surface area contributed by atoms with Crippen LogP contribution in [-0.2, 0) is 6.54 Å². The highest BCUT2D eigenvalue weighted by atomic mass is 16.2. The van der Waals surface area contributed by atoms with E-state index in [0.29, 0.717) is 18.6 Å². The van der Waals surface area contributed by atoms with E-state index in [1.807, 2.05) is 29.2 Å². The lowest BCUT2D eigenvalue weighted by molar-refractivity contribution is 0.0816. The smallest absolute Gasteiger partial charge is 0.321 e. The first-order valence-corrected chi connectivity index (χ1v) is 7.08. The lowest BCUT2D eigenvalue weighted by atomic mass is 10.1. The van der Waals surface area contributed by atoms with Crippen LogP contribution in [0.3, 0.4) is 0 Å². The van der Waals surface area contributed by atoms with Crippen LogP contribution in [-0.4, -0.2) is 48.1 Å². The SMILES string of the molecule is CC1CN(C(=O)Nc2cccc(CN)c2)CC(C)N1C. The second-order valence-electron chi connectivity index (χ2n) is 5.60. The van der Waals surface area contributed by atoms with Crippen molar-refractivity contribution in [3.05, 3.63) is 29.8 Å². The maximum absolute atomic E-state index is 12.3. The van der Waals surface area contributed by atoms with E-state index in [1.165, 1.54) is 0 Å². The fourth-order valence-corrected chi connectivity index (χ4v) is 2.55. The minimum Gasteiger partial charge on any atom is -0.326 e. The van der Waals surface area contributed by atoms with E-state index in [9.17, 15) is 4.79 Å². The van der Waals surface area contributed by atoms with Gasteiger partial charge in [0.15, 0.2) is 0 Å². The quantitative estimate of drug-likeness (QED) is 0.864. The van der Waals surface area contributed by atoms with Gasteiger partial charge in [0, 0.05) is 37.4 Å². The van der Waals surface area contributed by atoms with Gasteiger partial charge in [-0.1, -0.05) is 12.1 Å². The Morgan fingerprint density at radius 2 is 2.00 bits per heavy atom. The Hall–Kier alpha value is -1.59. The van der Waals surface area contributed by atoms with Crippen molar-refractivity contribution in [2.75, 3.05) is 25.5 Å². The normalized spacial score (nSPS) is 23.7. The molecular formula is C15H24N4O. The summed E-state index contributed by atoms with van der Waals surface area (Å²) in [6.07, 6.45) is 0. The third-order valence-corrected chi connectivity index (χ3v) is 4.06. The number of hydrogen-bond acceptors (Lipinski definition) is 3. The molecule has 20 heavy (non-hydrogen) atoms. The highest BCUT2D eigenvalue weighted by molar-refractivity contribution is 5.89. The number of likely N-dealkylation sites (N-methyl/N-ethyl adjacent to an activating group) is 1. The summed E-state index contributed by atoms with van der Waals surface area (Å²) in [4.78, 5) is 16.5. The van der Waals surface area contributed by atoms with Crippen LogP contribution in [0, 0.1) is 0 Å². The van der Waals surface area contributed by atoms with Gasteiger partial charge in [0.2, 0.25) is 0 Å². The van der Waals surface area contributed by atoms with E-state index < -0.39 is 0 Å². The number of urea groups is 1. The number of hydrogen-bond donors (Lipinski definition) is 2. The van der Waals surface area contributed by atoms with Crippen LogP contribution in [0.5, 0.6) is 0 Å². The van der Waals surface area contributed by atoms with Gasteiger partial charge >= 0.3 is 6.03 Å². The van der Waals surface area contributed by atoms with Crippen molar-refractivity contribution in [1.82, 2.24) is 9.80 Å². The lowest BCUT2D eigenvalue weighted by Crippen LogP contribution is -2.57. The molecule has 1 fully saturated rings. The van der Waals surface area contributed by atoms with Gasteiger partial charge in [-0.15, -0.1) is 0 Å². The zero-order valence-corrected chi connectivity index (χ0v) is 12.5. The number of amides is 2. The van der Waals surface area contributed by atoms with E-state index in [1.54, 1.807) is 0 Å². The predicted octanol–water partition coefficient (Wildman–Crippen LogP) is 1.70. The van der Waals surface area contributed by atoms with Crippen molar-refractivity contribution < 1.29 is 4.79 Å². The van der Waals surface area contributed by atoms with Crippen molar-refractivity contribution >= 4 is 11.7 Å². The molecule has 1 saturated heterocycles. The molecule has 2 unspecified atom stereocenters. The Bertz CT molecular complexity index is 465. The van der Waals surface area contributed by atoms with Crippen LogP contribution in [0.4, 0.5) is 10.5 Å². The molecule has 0 aliphatic carbocycles. The summed E-state index contributed by atoms with van der Waals surface area (Å²) >= 11 is 0. The van der Waals surface area contributed by atoms with Crippen LogP contribution in [0.1, 0.15) is 19.4 Å². The number of benzene rings is 1. The Balaban J connectivity index is 2.01. The number of nitrogens with two attached hydrogens (primary N) is 1. The van der Waals surface area contributed by atoms with Gasteiger partial charge in [0.25, 0.3) is 0 Å². The van der Waals surface area contributed by atoms with Gasteiger partial charge in [-0.2, -0.15) is 0 Å². The predicted molar refractivity (Wildman–Crippen MR) is 81.6 cm³/mol. The Morgan fingerprint density at radius 1 is 1.35 bits per heavy atom. The topological polar surface area (TPSA) is 61.6 Å². The second-order valence-corrected chi connectivity index (χ2v) is 5.60. The highest BCUT2D eigenvalue weighted by Crippen LogP contribution is 2.16. The first-order valence-electron chi connectivity index (χ1n) is 7.08. The van der Waals surface area contributed by atoms with E-state index in [-0.39, 0.29) is 6.03 Å². The van der Waals surface area contributed by atoms with E-state index in [2.05, 4.69) is 31.1 Å². The largest absolute Gasteiger partial charge is 0.326 e. The lowest BCUT2D eigenvalue weighted by Gasteiger charge is -2.42. The molecule has 1 heterocycles. The van der Waals surface area contributed by atoms with Crippen LogP contribution in [0.2, 0.25) is 0 Å². The summed E-state index contributed by atoms with van der Waals surface area (Å²) < 4.78 is 0. The van der Waals surface area contributed by atoms with Crippen LogP contribution in [0.25, 0.3) is 0 Å². The zero-order valence-electron chi connectivity index (χ0n) is 12.5. The first kappa shape index (κ1) is 14.8. The number of piperazine rings is 1. The van der Waals surface area contributed by atoms with E-state index in [0.717, 1.165) is 24.3 Å². The number of rotatable bonds is 2. The zero-order chi connectivity index (χ0) is 14.7. The number of carbonyl (C=O) groups is 1. The highest BCUT2D eigenvalue weighted by Gasteiger charge is 2.29. The number of nitrogens with zero attached hydrogens (tertiary/aromatic N) is 2. The number of anilines is 1. The fourth-order valence-electron chi connectivity index (χ4n) is 2.55. The molecule has 0 aromatic heterocycles. The molecule has 0 radical (unpaired) electrons. The standard InChI is InChI=1S/C15H24N4O/c1-11-9-19(10-12(2)18(11)3)15(20)17-14-6-4-5-13(7-14)8-16/h4-7,11-12H,8-10,16H2,1-3H3,(H,17,20). The summed E-state index contributed by atoms with van der Waals surface area (Å²) in [6, 6.07) is 8.38. The molecule has 2 rings (SSSR count). The molecule has 3 N–H and O–H groups in total. The van der Waals surface area contributed by atoms with Gasteiger partial charge in [-0.25, -0.2) is 4.79 Å². The molecule has 1 aliphatic rings. The van der Waals surface area contributed by atoms with Gasteiger partial charge in [0.05, 0.1) is 0 Å². The molecule has 0 spiro atoms. The summed E-state index contributed by atoms with van der Waals surface area (Å²) in [5.74, 6) is 0. The summed E-state index contributed by atoms with van der Waals surface area (Å²) in [6.45, 7) is 6.27. The maximum Gasteiger partial charge on any atom is 0.321 e. The molecule has 0 saturated carbocycles. The summed E-state index contributed by atoms with van der Waals surface area (Å²) in [5.41, 5.74) is 7.43. The van der Waals surface area contributed by atoms with E-state index in [4.69, 9.17) is 5.73 Å². The maximum atomic E-state index is 12.3. The van der Waals surface area contributed by atoms with Crippen molar-refractivity contribution in [3.63, 3.8) is 0 Å². The van der Waals surface area contributed by atoms with Crippen molar-refractivity contribution in [3.8, 4) is 0 Å². The van der Waals surface area contributed by atoms with Gasteiger partial charge in [0.1, 0.15) is 0 Å². The van der Waals surface area contributed by atoms with Crippen LogP contribution >= 0.6 is 0 Å². The minimum atomic E-state index is -0.0361. The molecule has 1 aliphatic heterocycles. The number of nitrogens with one attached hydrogen (secondary N) is 1. The summed E-state index contributed by atoms with van der Waals surface area (Å²) in [5, 5.41) is 2.96. The first-order chi connectivity index (χ1) is 9.51. The van der Waals surface area contributed by atoms with Crippen LogP contribution in [0.15, 0.2) is 24.3 Å². The Morgan fingerprint density at radius 3 is 2.60 bits per heavy atom. The average Bonchev–Trinajstić information content (AvgIpc) is 2.44. The molecule has 110 valence electrons. The molecule has 5 nitrogen and oxygen atoms in total. The average molecular weight is 276 g/mol. The van der Waals surface area contributed by atoms with Crippen molar-refractivity contribution in [2.24, 2.45) is 5.73 Å². The Kier molecular flexibility index (Phi) is 4.62. The molecule has 2 atom stereocenters. The molecule has 1 aromatic rings. The Labute approximate surface area is 120 Å². The monoisotopic (exact) mass is 276 g/mol. The third kappa shape index (κ3) is 3.29. The molecular weight excluding hydrogens is 252 g/mol. The molecule has 2 amide bonds. The minimum absolute atomic E-state index is 0.0361. The molecule has 0 bridgehead atoms. The second kappa shape index (κ2) is 6.24. The number of carbonyl (C=O) groups excluding carboxylic acids is 1. The third-order valence-electron chi connectivity index (χ3n) is 4.06. The summed E-state index contributed by atoms with van der Waals surface area (Å²) in [7, 11) is 2.11. The molecule has 1 aromatic carbocycles. The van der Waals surface area contributed by atoms with Gasteiger partial charge in [-0.3, -0.25) is 4.90 Å². The van der Waals surface area contributed by atoms with Gasteiger partial charge < -0.3 is 16.0 Å². The fraction of sp³-hybridized carbons (Fsp3) is 0.533. The van der Waals surface area contributed by atoms with Crippen molar-refractivity contribution in [1.29, 1.82) is 0 Å².